The quantitative estimate of drug-likeness (QED) is 0.175. The van der Waals surface area contributed by atoms with Crippen molar-refractivity contribution >= 4 is 56.2 Å². The van der Waals surface area contributed by atoms with E-state index >= 15 is 0 Å². The molecule has 1 aliphatic rings. The number of aromatic nitrogens is 1. The summed E-state index contributed by atoms with van der Waals surface area (Å²) in [4.78, 5) is 16.8. The van der Waals surface area contributed by atoms with E-state index in [1.54, 1.807) is 6.20 Å². The molecule has 0 aliphatic carbocycles. The highest BCUT2D eigenvalue weighted by atomic mass is 35.5. The van der Waals surface area contributed by atoms with Crippen LogP contribution in [0.1, 0.15) is 63.6 Å². The van der Waals surface area contributed by atoms with Crippen molar-refractivity contribution in [2.45, 2.75) is 63.7 Å². The summed E-state index contributed by atoms with van der Waals surface area (Å²) >= 11 is 6.45. The zero-order valence-corrected chi connectivity index (χ0v) is 27.0. The molecule has 3 unspecified atom stereocenters. The molecule has 0 bridgehead atoms. The Morgan fingerprint density at radius 1 is 1.21 bits per heavy atom. The minimum absolute atomic E-state index is 0.0684. The number of nitrogens with one attached hydrogen (secondary N) is 2. The Kier molecular flexibility index (Phi) is 8.56. The van der Waals surface area contributed by atoms with Crippen LogP contribution in [-0.4, -0.2) is 37.9 Å². The van der Waals surface area contributed by atoms with Crippen molar-refractivity contribution in [1.82, 2.24) is 9.71 Å². The van der Waals surface area contributed by atoms with Gasteiger partial charge in [-0.25, -0.2) is 9.18 Å². The Bertz CT molecular complexity index is 1690. The van der Waals surface area contributed by atoms with E-state index in [-0.39, 0.29) is 10.7 Å². The van der Waals surface area contributed by atoms with Crippen molar-refractivity contribution in [3.8, 4) is 11.3 Å². The lowest BCUT2D eigenvalue weighted by Crippen LogP contribution is -2.41. The van der Waals surface area contributed by atoms with Crippen LogP contribution < -0.4 is 10.0 Å². The molecule has 8 nitrogen and oxygen atoms in total. The number of benzene rings is 2. The molecule has 0 spiro atoms. The van der Waals surface area contributed by atoms with E-state index in [1.165, 1.54) is 17.4 Å². The fourth-order valence-electron chi connectivity index (χ4n) is 4.95. The van der Waals surface area contributed by atoms with Gasteiger partial charge in [0.05, 0.1) is 18.0 Å². The van der Waals surface area contributed by atoms with E-state index in [0.29, 0.717) is 12.2 Å². The molecule has 0 saturated carbocycles. The number of hydrogen-bond donors (Lipinski definition) is 3. The summed E-state index contributed by atoms with van der Waals surface area (Å²) in [6, 6.07) is 13.5. The SMILES string of the molecule is CC1(C)OCC(C)(c2ccnc(-c3cccc4cc(C(N[S+]([O-])C(C)(C)C)c5cc(NC(=O)O)c(F)cc5Cl)sc34)c2)O1. The normalized spacial score (nSPS) is 19.8. The number of ether oxygens (including phenoxy) is 2. The molecule has 3 N–H and O–H groups in total. The van der Waals surface area contributed by atoms with Crippen LogP contribution in [0.3, 0.4) is 0 Å². The van der Waals surface area contributed by atoms with Gasteiger partial charge in [0.15, 0.2) is 5.79 Å². The molecule has 1 fully saturated rings. The van der Waals surface area contributed by atoms with E-state index in [4.69, 9.17) is 21.1 Å². The summed E-state index contributed by atoms with van der Waals surface area (Å²) < 4.78 is 43.5. The summed E-state index contributed by atoms with van der Waals surface area (Å²) in [5.74, 6) is -1.51. The zero-order valence-electron chi connectivity index (χ0n) is 24.6. The van der Waals surface area contributed by atoms with Crippen LogP contribution in [0.15, 0.2) is 54.7 Å². The molecule has 12 heteroatoms. The van der Waals surface area contributed by atoms with Crippen LogP contribution in [-0.2, 0) is 26.4 Å². The maximum Gasteiger partial charge on any atom is 0.409 e. The summed E-state index contributed by atoms with van der Waals surface area (Å²) in [5, 5.41) is 12.3. The molecule has 43 heavy (non-hydrogen) atoms. The van der Waals surface area contributed by atoms with E-state index in [2.05, 4.69) is 15.0 Å². The van der Waals surface area contributed by atoms with Gasteiger partial charge in [-0.05, 0) is 88.4 Å². The van der Waals surface area contributed by atoms with Gasteiger partial charge in [-0.2, -0.15) is 0 Å². The van der Waals surface area contributed by atoms with Crippen molar-refractivity contribution in [3.05, 3.63) is 81.6 Å². The average Bonchev–Trinajstić information content (AvgIpc) is 3.48. The molecule has 4 aromatic rings. The van der Waals surface area contributed by atoms with Crippen LogP contribution in [0, 0.1) is 5.82 Å². The van der Waals surface area contributed by atoms with Crippen LogP contribution in [0.2, 0.25) is 5.02 Å². The first-order chi connectivity index (χ1) is 20.1. The Morgan fingerprint density at radius 3 is 2.60 bits per heavy atom. The second-order valence-corrected chi connectivity index (χ2v) is 15.5. The lowest BCUT2D eigenvalue weighted by molar-refractivity contribution is -0.159. The third-order valence-corrected chi connectivity index (χ3v) is 10.2. The highest BCUT2D eigenvalue weighted by molar-refractivity contribution is 7.90. The molecular formula is C31H33ClFN3O5S2. The first kappa shape index (κ1) is 31.6. The van der Waals surface area contributed by atoms with Crippen molar-refractivity contribution in [2.75, 3.05) is 11.9 Å². The Balaban J connectivity index is 1.61. The van der Waals surface area contributed by atoms with Gasteiger partial charge in [0.1, 0.15) is 22.2 Å². The largest absolute Gasteiger partial charge is 0.598 e. The average molecular weight is 646 g/mol. The van der Waals surface area contributed by atoms with Crippen molar-refractivity contribution in [2.24, 2.45) is 0 Å². The number of thiophene rings is 1. The molecule has 2 aromatic heterocycles. The predicted molar refractivity (Wildman–Crippen MR) is 169 cm³/mol. The number of fused-ring (bicyclic) bond motifs is 1. The lowest BCUT2D eigenvalue weighted by Gasteiger charge is -2.28. The fraction of sp³-hybridized carbons (Fsp3) is 0.355. The number of anilines is 1. The molecule has 1 saturated heterocycles. The van der Waals surface area contributed by atoms with Gasteiger partial charge in [-0.3, -0.25) is 10.3 Å². The molecular weight excluding hydrogens is 613 g/mol. The van der Waals surface area contributed by atoms with Gasteiger partial charge in [0.2, 0.25) is 0 Å². The zero-order chi connectivity index (χ0) is 31.3. The van der Waals surface area contributed by atoms with Gasteiger partial charge >= 0.3 is 6.09 Å². The number of rotatable bonds is 7. The number of amides is 1. The number of carboxylic acid groups (broad SMARTS) is 1. The second-order valence-electron chi connectivity index (χ2n) is 12.0. The Labute approximate surface area is 261 Å². The molecule has 5 rings (SSSR count). The van der Waals surface area contributed by atoms with Crippen LogP contribution in [0.4, 0.5) is 14.9 Å². The topological polar surface area (TPSA) is 116 Å². The standard InChI is InChI=1S/C31H33ClFN3O5S2/c1-29(2,3)43(39)36-26(20-14-24(35-28(37)38)22(33)15-21(20)32)25-12-17-8-7-9-19(27(17)42-25)23-13-18(10-11-34-23)31(6)16-40-30(4,5)41-31/h7-15,26,35-36H,16H2,1-6H3,(H,37,38). The number of nitrogens with zero attached hydrogens (tertiary/aromatic N) is 1. The number of carbonyl (C=O) groups is 1. The van der Waals surface area contributed by atoms with E-state index in [0.717, 1.165) is 37.9 Å². The third-order valence-electron chi connectivity index (χ3n) is 7.08. The summed E-state index contributed by atoms with van der Waals surface area (Å²) in [6.07, 6.45) is 0.340. The van der Waals surface area contributed by atoms with Crippen molar-refractivity contribution < 1.29 is 28.3 Å². The third kappa shape index (κ3) is 6.68. The molecule has 3 heterocycles. The van der Waals surface area contributed by atoms with E-state index in [1.807, 2.05) is 77.9 Å². The first-order valence-corrected chi connectivity index (χ1v) is 15.9. The molecule has 2 aromatic carbocycles. The van der Waals surface area contributed by atoms with Gasteiger partial charge in [-0.15, -0.1) is 16.1 Å². The smallest absolute Gasteiger partial charge is 0.409 e. The molecule has 3 atom stereocenters. The maximum absolute atomic E-state index is 14.6. The molecule has 1 aliphatic heterocycles. The second kappa shape index (κ2) is 11.6. The van der Waals surface area contributed by atoms with Crippen LogP contribution >= 0.6 is 22.9 Å². The molecule has 0 radical (unpaired) electrons. The number of pyridine rings is 1. The number of hydrogen-bond acceptors (Lipinski definition) is 7. The van der Waals surface area contributed by atoms with Crippen LogP contribution in [0.25, 0.3) is 21.3 Å². The Hall–Kier alpha value is -2.77. The summed E-state index contributed by atoms with van der Waals surface area (Å²) in [5.41, 5.74) is 2.08. The Morgan fingerprint density at radius 2 is 1.95 bits per heavy atom. The van der Waals surface area contributed by atoms with Gasteiger partial charge in [0, 0.05) is 37.7 Å². The monoisotopic (exact) mass is 645 g/mol. The van der Waals surface area contributed by atoms with Gasteiger partial charge in [0.25, 0.3) is 0 Å². The van der Waals surface area contributed by atoms with E-state index < -0.39 is 45.4 Å². The number of halogens is 2. The highest BCUT2D eigenvalue weighted by Gasteiger charge is 2.43. The minimum Gasteiger partial charge on any atom is -0.598 e. The van der Waals surface area contributed by atoms with Gasteiger partial charge in [-0.1, -0.05) is 29.8 Å². The fourth-order valence-corrected chi connectivity index (χ4v) is 7.35. The van der Waals surface area contributed by atoms with Crippen molar-refractivity contribution in [1.29, 1.82) is 0 Å². The van der Waals surface area contributed by atoms with E-state index in [9.17, 15) is 18.8 Å². The lowest BCUT2D eigenvalue weighted by atomic mass is 9.96. The van der Waals surface area contributed by atoms with Crippen molar-refractivity contribution in [3.63, 3.8) is 0 Å². The highest BCUT2D eigenvalue weighted by Crippen LogP contribution is 2.43. The maximum atomic E-state index is 14.6. The first-order valence-electron chi connectivity index (χ1n) is 13.6. The molecule has 1 amide bonds. The summed E-state index contributed by atoms with van der Waals surface area (Å²) in [7, 11) is 0. The van der Waals surface area contributed by atoms with Gasteiger partial charge < -0.3 is 19.1 Å². The minimum atomic E-state index is -1.55. The predicted octanol–water partition coefficient (Wildman–Crippen LogP) is 7.99. The van der Waals surface area contributed by atoms with Crippen LogP contribution in [0.5, 0.6) is 0 Å². The molecule has 228 valence electrons. The summed E-state index contributed by atoms with van der Waals surface area (Å²) in [6.45, 7) is 11.7.